The third-order valence-corrected chi connectivity index (χ3v) is 7.31. The Bertz CT molecular complexity index is 542. The first-order valence-corrected chi connectivity index (χ1v) is 9.66. The van der Waals surface area contributed by atoms with Crippen molar-refractivity contribution in [3.8, 4) is 0 Å². The van der Waals surface area contributed by atoms with E-state index in [-0.39, 0.29) is 30.2 Å². The predicted octanol–water partition coefficient (Wildman–Crippen LogP) is 0.861. The lowest BCUT2D eigenvalue weighted by molar-refractivity contribution is -0.135. The first-order chi connectivity index (χ1) is 10.2. The Balaban J connectivity index is 1.88. The van der Waals surface area contributed by atoms with Crippen LogP contribution in [0.15, 0.2) is 0 Å². The summed E-state index contributed by atoms with van der Waals surface area (Å²) in [7, 11) is -3.09. The smallest absolute Gasteiger partial charge is 0.239 e. The number of sulfone groups is 1. The van der Waals surface area contributed by atoms with Crippen molar-refractivity contribution >= 4 is 21.7 Å². The summed E-state index contributed by atoms with van der Waals surface area (Å²) in [5.41, 5.74) is 0. The number of amides is 2. The number of carbonyl (C=O) groups is 2. The van der Waals surface area contributed by atoms with E-state index in [4.69, 9.17) is 0 Å². The standard InChI is InChI=1S/C15H26N2O4S/c1-15(2)10-12(7-9-22(15,20)21)16-13(18)11-17-8-5-3-4-6-14(17)19/h12H,3-11H2,1-2H3,(H,16,18). The fraction of sp³-hybridized carbons (Fsp3) is 0.867. The molecule has 126 valence electrons. The Kier molecular flexibility index (Phi) is 5.14. The van der Waals surface area contributed by atoms with E-state index in [2.05, 4.69) is 5.32 Å². The highest BCUT2D eigenvalue weighted by atomic mass is 32.2. The van der Waals surface area contributed by atoms with Crippen LogP contribution in [0.5, 0.6) is 0 Å². The molecule has 2 heterocycles. The number of nitrogens with one attached hydrogen (secondary N) is 1. The van der Waals surface area contributed by atoms with Gasteiger partial charge >= 0.3 is 0 Å². The van der Waals surface area contributed by atoms with Crippen LogP contribution < -0.4 is 5.32 Å². The van der Waals surface area contributed by atoms with Crippen LogP contribution in [-0.4, -0.2) is 54.8 Å². The molecule has 0 aliphatic carbocycles. The zero-order valence-corrected chi connectivity index (χ0v) is 14.2. The average Bonchev–Trinajstić information content (AvgIpc) is 2.60. The molecule has 0 aromatic carbocycles. The highest BCUT2D eigenvalue weighted by Crippen LogP contribution is 2.30. The highest BCUT2D eigenvalue weighted by Gasteiger charge is 2.41. The van der Waals surface area contributed by atoms with Crippen LogP contribution in [0.1, 0.15) is 52.4 Å². The van der Waals surface area contributed by atoms with E-state index < -0.39 is 14.6 Å². The molecule has 2 rings (SSSR count). The maximum atomic E-state index is 12.2. The average molecular weight is 330 g/mol. The van der Waals surface area contributed by atoms with Crippen molar-refractivity contribution < 1.29 is 18.0 Å². The topological polar surface area (TPSA) is 83.6 Å². The van der Waals surface area contributed by atoms with Gasteiger partial charge in [0, 0.05) is 19.0 Å². The molecule has 2 fully saturated rings. The zero-order valence-electron chi connectivity index (χ0n) is 13.4. The molecule has 1 atom stereocenters. The molecule has 2 aliphatic rings. The molecule has 1 unspecified atom stereocenters. The largest absolute Gasteiger partial charge is 0.352 e. The van der Waals surface area contributed by atoms with Crippen LogP contribution in [0.4, 0.5) is 0 Å². The Morgan fingerprint density at radius 2 is 2.05 bits per heavy atom. The lowest BCUT2D eigenvalue weighted by Crippen LogP contribution is -2.51. The molecule has 2 amide bonds. The number of nitrogens with zero attached hydrogens (tertiary/aromatic N) is 1. The number of rotatable bonds is 3. The number of hydrogen-bond acceptors (Lipinski definition) is 4. The van der Waals surface area contributed by atoms with E-state index in [1.165, 1.54) is 0 Å². The minimum absolute atomic E-state index is 0.0409. The fourth-order valence-electron chi connectivity index (χ4n) is 3.17. The second-order valence-corrected chi connectivity index (χ2v) is 9.70. The Morgan fingerprint density at radius 1 is 1.32 bits per heavy atom. The molecule has 2 saturated heterocycles. The van der Waals surface area contributed by atoms with Gasteiger partial charge in [-0.25, -0.2) is 8.42 Å². The molecule has 22 heavy (non-hydrogen) atoms. The van der Waals surface area contributed by atoms with Crippen molar-refractivity contribution in [3.05, 3.63) is 0 Å². The second-order valence-electron chi connectivity index (χ2n) is 6.96. The molecular weight excluding hydrogens is 304 g/mol. The third-order valence-electron chi connectivity index (χ3n) is 4.69. The van der Waals surface area contributed by atoms with Gasteiger partial charge in [0.15, 0.2) is 9.84 Å². The third kappa shape index (κ3) is 4.00. The van der Waals surface area contributed by atoms with Crippen molar-refractivity contribution in [2.24, 2.45) is 0 Å². The molecule has 0 aromatic heterocycles. The van der Waals surface area contributed by atoms with E-state index in [1.807, 2.05) is 0 Å². The maximum absolute atomic E-state index is 12.2. The normalized spacial score (nSPS) is 28.0. The summed E-state index contributed by atoms with van der Waals surface area (Å²) in [6.07, 6.45) is 4.25. The maximum Gasteiger partial charge on any atom is 0.239 e. The summed E-state index contributed by atoms with van der Waals surface area (Å²) >= 11 is 0. The van der Waals surface area contributed by atoms with Gasteiger partial charge in [-0.05, 0) is 39.5 Å². The molecule has 7 heteroatoms. The molecule has 1 N–H and O–H groups in total. The lowest BCUT2D eigenvalue weighted by atomic mass is 10.00. The molecule has 0 radical (unpaired) electrons. The lowest BCUT2D eigenvalue weighted by Gasteiger charge is -2.35. The van der Waals surface area contributed by atoms with E-state index in [0.717, 1.165) is 19.3 Å². The van der Waals surface area contributed by atoms with Gasteiger partial charge in [-0.3, -0.25) is 9.59 Å². The molecule has 2 aliphatic heterocycles. The van der Waals surface area contributed by atoms with Crippen molar-refractivity contribution in [1.29, 1.82) is 0 Å². The monoisotopic (exact) mass is 330 g/mol. The van der Waals surface area contributed by atoms with Gasteiger partial charge in [0.2, 0.25) is 11.8 Å². The van der Waals surface area contributed by atoms with Crippen LogP contribution in [0.25, 0.3) is 0 Å². The molecule has 0 spiro atoms. The SMILES string of the molecule is CC1(C)CC(NC(=O)CN2CCCCCC2=O)CCS1(=O)=O. The van der Waals surface area contributed by atoms with Gasteiger partial charge in [-0.2, -0.15) is 0 Å². The Hall–Kier alpha value is -1.11. The number of hydrogen-bond donors (Lipinski definition) is 1. The molecule has 0 aromatic rings. The second kappa shape index (κ2) is 6.56. The van der Waals surface area contributed by atoms with Gasteiger partial charge in [-0.1, -0.05) is 6.42 Å². The first kappa shape index (κ1) is 17.2. The van der Waals surface area contributed by atoms with Gasteiger partial charge in [0.05, 0.1) is 17.0 Å². The molecule has 0 saturated carbocycles. The Morgan fingerprint density at radius 3 is 2.73 bits per heavy atom. The summed E-state index contributed by atoms with van der Waals surface area (Å²) in [5.74, 6) is -0.0392. The summed E-state index contributed by atoms with van der Waals surface area (Å²) in [6.45, 7) is 4.14. The van der Waals surface area contributed by atoms with Crippen molar-refractivity contribution in [2.75, 3.05) is 18.8 Å². The van der Waals surface area contributed by atoms with Gasteiger partial charge in [0.25, 0.3) is 0 Å². The first-order valence-electron chi connectivity index (χ1n) is 8.01. The zero-order chi connectivity index (χ0) is 16.4. The summed E-state index contributed by atoms with van der Waals surface area (Å²) in [4.78, 5) is 25.7. The minimum atomic E-state index is -3.09. The van der Waals surface area contributed by atoms with Crippen molar-refractivity contribution in [2.45, 2.75) is 63.2 Å². The van der Waals surface area contributed by atoms with E-state index in [0.29, 0.717) is 25.8 Å². The summed E-state index contributed by atoms with van der Waals surface area (Å²) < 4.78 is 23.1. The van der Waals surface area contributed by atoms with Gasteiger partial charge < -0.3 is 10.2 Å². The highest BCUT2D eigenvalue weighted by molar-refractivity contribution is 7.92. The molecule has 6 nitrogen and oxygen atoms in total. The van der Waals surface area contributed by atoms with Crippen LogP contribution in [0.2, 0.25) is 0 Å². The summed E-state index contributed by atoms with van der Waals surface area (Å²) in [6, 6.07) is -0.131. The van der Waals surface area contributed by atoms with E-state index in [1.54, 1.807) is 18.7 Å². The van der Waals surface area contributed by atoms with Crippen molar-refractivity contribution in [1.82, 2.24) is 10.2 Å². The van der Waals surface area contributed by atoms with Crippen LogP contribution >= 0.6 is 0 Å². The molecular formula is C15H26N2O4S. The van der Waals surface area contributed by atoms with Crippen molar-refractivity contribution in [3.63, 3.8) is 0 Å². The number of carbonyl (C=O) groups excluding carboxylic acids is 2. The Labute approximate surface area is 132 Å². The number of likely N-dealkylation sites (tertiary alicyclic amines) is 1. The fourth-order valence-corrected chi connectivity index (χ4v) is 4.77. The summed E-state index contributed by atoms with van der Waals surface area (Å²) in [5, 5.41) is 2.90. The van der Waals surface area contributed by atoms with Crippen LogP contribution in [0, 0.1) is 0 Å². The van der Waals surface area contributed by atoms with Gasteiger partial charge in [-0.15, -0.1) is 0 Å². The van der Waals surface area contributed by atoms with Crippen LogP contribution in [0.3, 0.4) is 0 Å². The van der Waals surface area contributed by atoms with Gasteiger partial charge in [0.1, 0.15) is 0 Å². The quantitative estimate of drug-likeness (QED) is 0.832. The van der Waals surface area contributed by atoms with E-state index >= 15 is 0 Å². The van der Waals surface area contributed by atoms with E-state index in [9.17, 15) is 18.0 Å². The predicted molar refractivity (Wildman–Crippen MR) is 84.1 cm³/mol. The minimum Gasteiger partial charge on any atom is -0.352 e. The van der Waals surface area contributed by atoms with Crippen LogP contribution in [-0.2, 0) is 19.4 Å². The molecule has 0 bridgehead atoms.